The summed E-state index contributed by atoms with van der Waals surface area (Å²) in [5.41, 5.74) is 9.69. The molecule has 0 radical (unpaired) electrons. The SMILES string of the molecule is C=Cc1cnc(Nc2cc(CC)c(N3CCC(N4CCN(C)CC4)CC3)cc2C)nc1Nc1ccc2nccnc2c1CC(C)C. The van der Waals surface area contributed by atoms with Crippen LogP contribution < -0.4 is 15.5 Å². The van der Waals surface area contributed by atoms with Gasteiger partial charge in [-0.1, -0.05) is 33.4 Å². The molecule has 0 saturated carbocycles. The smallest absolute Gasteiger partial charge is 0.229 e. The monoisotopic (exact) mass is 619 g/mol. The Balaban J connectivity index is 1.21. The third kappa shape index (κ3) is 7.00. The summed E-state index contributed by atoms with van der Waals surface area (Å²) in [5, 5.41) is 7.13. The van der Waals surface area contributed by atoms with E-state index in [-0.39, 0.29) is 0 Å². The molecule has 2 saturated heterocycles. The summed E-state index contributed by atoms with van der Waals surface area (Å²) in [4.78, 5) is 26.6. The molecular formula is C37H49N9. The number of aryl methyl sites for hydroxylation is 2. The van der Waals surface area contributed by atoms with Crippen LogP contribution in [0, 0.1) is 12.8 Å². The lowest BCUT2D eigenvalue weighted by Gasteiger charge is -2.43. The van der Waals surface area contributed by atoms with E-state index in [9.17, 15) is 0 Å². The first kappa shape index (κ1) is 31.9. The predicted molar refractivity (Wildman–Crippen MR) is 192 cm³/mol. The summed E-state index contributed by atoms with van der Waals surface area (Å²) in [6.45, 7) is 19.9. The van der Waals surface area contributed by atoms with Crippen LogP contribution in [0.2, 0.25) is 0 Å². The molecule has 2 aliphatic rings. The first-order valence-electron chi connectivity index (χ1n) is 16.9. The average Bonchev–Trinajstić information content (AvgIpc) is 3.07. The van der Waals surface area contributed by atoms with Gasteiger partial charge in [0.05, 0.1) is 11.0 Å². The number of nitrogens with zero attached hydrogens (tertiary/aromatic N) is 7. The van der Waals surface area contributed by atoms with E-state index < -0.39 is 0 Å². The maximum absolute atomic E-state index is 4.94. The molecule has 9 heteroatoms. The summed E-state index contributed by atoms with van der Waals surface area (Å²) >= 11 is 0. The number of piperidine rings is 1. The third-order valence-corrected chi connectivity index (χ3v) is 9.56. The highest BCUT2D eigenvalue weighted by molar-refractivity contribution is 5.85. The first-order chi connectivity index (χ1) is 22.3. The van der Waals surface area contributed by atoms with E-state index in [1.807, 2.05) is 12.3 Å². The Labute approximate surface area is 274 Å². The van der Waals surface area contributed by atoms with Crippen LogP contribution in [0.3, 0.4) is 0 Å². The largest absolute Gasteiger partial charge is 0.371 e. The molecular weight excluding hydrogens is 570 g/mol. The molecule has 0 amide bonds. The molecule has 0 bridgehead atoms. The van der Waals surface area contributed by atoms with Gasteiger partial charge in [-0.05, 0) is 81.0 Å². The van der Waals surface area contributed by atoms with Crippen LogP contribution in [0.15, 0.2) is 49.4 Å². The molecule has 6 rings (SSSR count). The van der Waals surface area contributed by atoms with Gasteiger partial charge in [-0.3, -0.25) is 14.9 Å². The minimum atomic E-state index is 0.455. The minimum absolute atomic E-state index is 0.455. The number of aromatic nitrogens is 4. The fourth-order valence-corrected chi connectivity index (χ4v) is 6.88. The van der Waals surface area contributed by atoms with Gasteiger partial charge in [0.2, 0.25) is 5.95 Å². The number of rotatable bonds is 10. The van der Waals surface area contributed by atoms with Crippen molar-refractivity contribution >= 4 is 45.9 Å². The molecule has 9 nitrogen and oxygen atoms in total. The molecule has 4 heterocycles. The molecule has 46 heavy (non-hydrogen) atoms. The molecule has 0 unspecified atom stereocenters. The van der Waals surface area contributed by atoms with E-state index in [0.29, 0.717) is 23.7 Å². The van der Waals surface area contributed by atoms with Gasteiger partial charge in [0, 0.05) is 92.1 Å². The van der Waals surface area contributed by atoms with Gasteiger partial charge in [-0.15, -0.1) is 0 Å². The Bertz CT molecular complexity index is 1670. The minimum Gasteiger partial charge on any atom is -0.371 e. The maximum Gasteiger partial charge on any atom is 0.229 e. The van der Waals surface area contributed by atoms with Crippen LogP contribution in [0.25, 0.3) is 17.1 Å². The van der Waals surface area contributed by atoms with Crippen molar-refractivity contribution in [2.75, 3.05) is 61.8 Å². The maximum atomic E-state index is 4.94. The Hall–Kier alpha value is -4.08. The number of likely N-dealkylation sites (N-methyl/N-ethyl adjacent to an activating group) is 1. The van der Waals surface area contributed by atoms with Crippen molar-refractivity contribution in [3.8, 4) is 0 Å². The highest BCUT2D eigenvalue weighted by Gasteiger charge is 2.27. The number of fused-ring (bicyclic) bond motifs is 1. The quantitative estimate of drug-likeness (QED) is 0.198. The lowest BCUT2D eigenvalue weighted by molar-refractivity contribution is 0.0982. The Morgan fingerprint density at radius 1 is 0.957 bits per heavy atom. The van der Waals surface area contributed by atoms with Crippen LogP contribution in [-0.2, 0) is 12.8 Å². The fraction of sp³-hybridized carbons (Fsp3) is 0.459. The molecule has 0 atom stereocenters. The van der Waals surface area contributed by atoms with Crippen LogP contribution in [0.4, 0.5) is 28.8 Å². The van der Waals surface area contributed by atoms with Gasteiger partial charge in [0.15, 0.2) is 0 Å². The van der Waals surface area contributed by atoms with E-state index in [2.05, 4.69) is 99.8 Å². The van der Waals surface area contributed by atoms with Gasteiger partial charge < -0.3 is 20.4 Å². The summed E-state index contributed by atoms with van der Waals surface area (Å²) in [6, 6.07) is 9.43. The topological polar surface area (TPSA) is 85.3 Å². The van der Waals surface area contributed by atoms with Crippen molar-refractivity contribution in [2.45, 2.75) is 59.4 Å². The van der Waals surface area contributed by atoms with Crippen molar-refractivity contribution in [3.05, 3.63) is 71.7 Å². The van der Waals surface area contributed by atoms with Crippen molar-refractivity contribution in [1.82, 2.24) is 29.7 Å². The second-order valence-electron chi connectivity index (χ2n) is 13.3. The molecule has 4 aromatic rings. The van der Waals surface area contributed by atoms with Gasteiger partial charge >= 0.3 is 0 Å². The number of anilines is 5. The van der Waals surface area contributed by atoms with E-state index in [1.165, 1.54) is 55.8 Å². The summed E-state index contributed by atoms with van der Waals surface area (Å²) < 4.78 is 0. The lowest BCUT2D eigenvalue weighted by atomic mass is 9.98. The Morgan fingerprint density at radius 3 is 2.43 bits per heavy atom. The summed E-state index contributed by atoms with van der Waals surface area (Å²) in [6.07, 6.45) is 11.4. The lowest BCUT2D eigenvalue weighted by Crippen LogP contribution is -2.52. The van der Waals surface area contributed by atoms with Crippen LogP contribution in [-0.4, -0.2) is 82.1 Å². The van der Waals surface area contributed by atoms with E-state index in [1.54, 1.807) is 18.5 Å². The standard InChI is InChI=1S/C37H49N9/c1-7-27-23-33(26(5)22-34(27)46-15-11-29(12-16-46)45-19-17-44(6)18-20-45)42-37-40-24-28(8-2)36(43-37)41-31-9-10-32-35(39-14-13-38-32)30(31)21-25(3)4/h8-10,13-14,22-25,29H,2,7,11-12,15-21H2,1,3-6H3,(H2,40,41,42,43). The molecule has 242 valence electrons. The van der Waals surface area contributed by atoms with Gasteiger partial charge in [0.25, 0.3) is 0 Å². The molecule has 0 aliphatic carbocycles. The Morgan fingerprint density at radius 2 is 1.72 bits per heavy atom. The molecule has 0 spiro atoms. The molecule has 2 aromatic carbocycles. The molecule has 2 N–H and O–H groups in total. The van der Waals surface area contributed by atoms with Crippen molar-refractivity contribution in [2.24, 2.45) is 5.92 Å². The van der Waals surface area contributed by atoms with Crippen LogP contribution in [0.1, 0.15) is 55.9 Å². The Kier molecular flexibility index (Phi) is 9.80. The molecule has 2 aliphatic heterocycles. The second-order valence-corrected chi connectivity index (χ2v) is 13.3. The zero-order chi connectivity index (χ0) is 32.2. The normalized spacial score (nSPS) is 16.7. The number of benzene rings is 2. The predicted octanol–water partition coefficient (Wildman–Crippen LogP) is 6.84. The molecule has 2 fully saturated rings. The van der Waals surface area contributed by atoms with Crippen LogP contribution in [0.5, 0.6) is 0 Å². The summed E-state index contributed by atoms with van der Waals surface area (Å²) in [5.74, 6) is 1.70. The highest BCUT2D eigenvalue weighted by Crippen LogP contribution is 2.34. The van der Waals surface area contributed by atoms with Gasteiger partial charge in [-0.25, -0.2) is 4.98 Å². The van der Waals surface area contributed by atoms with E-state index >= 15 is 0 Å². The first-order valence-corrected chi connectivity index (χ1v) is 16.9. The van der Waals surface area contributed by atoms with E-state index in [4.69, 9.17) is 4.98 Å². The van der Waals surface area contributed by atoms with E-state index in [0.717, 1.165) is 59.5 Å². The number of piperazine rings is 1. The summed E-state index contributed by atoms with van der Waals surface area (Å²) in [7, 11) is 2.23. The highest BCUT2D eigenvalue weighted by atomic mass is 15.3. The third-order valence-electron chi connectivity index (χ3n) is 9.56. The number of hydrogen-bond donors (Lipinski definition) is 2. The zero-order valence-corrected chi connectivity index (χ0v) is 28.2. The van der Waals surface area contributed by atoms with Crippen LogP contribution >= 0.6 is 0 Å². The zero-order valence-electron chi connectivity index (χ0n) is 28.2. The number of nitrogens with one attached hydrogen (secondary N) is 2. The average molecular weight is 620 g/mol. The van der Waals surface area contributed by atoms with Gasteiger partial charge in [-0.2, -0.15) is 4.98 Å². The fourth-order valence-electron chi connectivity index (χ4n) is 6.88. The van der Waals surface area contributed by atoms with Crippen molar-refractivity contribution < 1.29 is 0 Å². The number of hydrogen-bond acceptors (Lipinski definition) is 9. The van der Waals surface area contributed by atoms with Gasteiger partial charge in [0.1, 0.15) is 5.82 Å². The second kappa shape index (κ2) is 14.1. The molecule has 2 aromatic heterocycles. The van der Waals surface area contributed by atoms with Crippen molar-refractivity contribution in [3.63, 3.8) is 0 Å². The van der Waals surface area contributed by atoms with Crippen molar-refractivity contribution in [1.29, 1.82) is 0 Å².